The number of nitrogens with one attached hydrogen (secondary N) is 1. The van der Waals surface area contributed by atoms with Gasteiger partial charge in [-0.2, -0.15) is 5.26 Å². The minimum Gasteiger partial charge on any atom is -0.363 e. The summed E-state index contributed by atoms with van der Waals surface area (Å²) in [5.41, 5.74) is -0.613. The van der Waals surface area contributed by atoms with Gasteiger partial charge in [0, 0.05) is 18.6 Å². The average molecular weight is 421 g/mol. The molecular weight excluding hydrogens is 403 g/mol. The molecule has 2 aromatic rings. The van der Waals surface area contributed by atoms with Crippen molar-refractivity contribution in [2.75, 3.05) is 5.32 Å². The molecule has 1 fully saturated rings. The summed E-state index contributed by atoms with van der Waals surface area (Å²) in [5.74, 6) is 0.283. The van der Waals surface area contributed by atoms with Crippen molar-refractivity contribution in [1.29, 1.82) is 5.26 Å². The molecule has 6 nitrogen and oxygen atoms in total. The highest BCUT2D eigenvalue weighted by atomic mass is 79.9. The van der Waals surface area contributed by atoms with E-state index in [9.17, 15) is 19.2 Å². The van der Waals surface area contributed by atoms with Gasteiger partial charge in [-0.25, -0.2) is 9.18 Å². The average Bonchev–Trinajstić information content (AvgIpc) is 3.40. The van der Waals surface area contributed by atoms with E-state index in [1.54, 1.807) is 6.07 Å². The normalized spacial score (nSPS) is 14.7. The van der Waals surface area contributed by atoms with Gasteiger partial charge >= 0.3 is 5.69 Å². The molecule has 1 saturated carbocycles. The molecule has 1 N–H and O–H groups in total. The molecule has 0 radical (unpaired) electrons. The van der Waals surface area contributed by atoms with Gasteiger partial charge in [0.25, 0.3) is 5.56 Å². The molecule has 1 aliphatic carbocycles. The van der Waals surface area contributed by atoms with Gasteiger partial charge < -0.3 is 5.32 Å². The Kier molecular flexibility index (Phi) is 5.01. The Morgan fingerprint density at radius 1 is 1.31 bits per heavy atom. The Bertz CT molecular complexity index is 997. The van der Waals surface area contributed by atoms with Crippen LogP contribution in [0.25, 0.3) is 0 Å². The summed E-state index contributed by atoms with van der Waals surface area (Å²) in [6, 6.07) is 6.16. The lowest BCUT2D eigenvalue weighted by molar-refractivity contribution is 0.595. The monoisotopic (exact) mass is 420 g/mol. The predicted molar refractivity (Wildman–Crippen MR) is 99.4 cm³/mol. The van der Waals surface area contributed by atoms with E-state index in [0.717, 1.165) is 23.8 Å². The molecule has 1 aliphatic rings. The second-order valence-corrected chi connectivity index (χ2v) is 7.54. The highest BCUT2D eigenvalue weighted by Gasteiger charge is 2.28. The van der Waals surface area contributed by atoms with Crippen molar-refractivity contribution in [1.82, 2.24) is 9.13 Å². The van der Waals surface area contributed by atoms with Gasteiger partial charge in [0.2, 0.25) is 0 Å². The fraction of sp³-hybridized carbons (Fsp3) is 0.389. The van der Waals surface area contributed by atoms with E-state index >= 15 is 0 Å². The van der Waals surface area contributed by atoms with Gasteiger partial charge in [0.05, 0.1) is 6.04 Å². The molecule has 3 rings (SSSR count). The summed E-state index contributed by atoms with van der Waals surface area (Å²) < 4.78 is 16.6. The Morgan fingerprint density at radius 3 is 2.58 bits per heavy atom. The van der Waals surface area contributed by atoms with E-state index in [4.69, 9.17) is 0 Å². The summed E-state index contributed by atoms with van der Waals surface area (Å²) in [5, 5.41) is 12.6. The lowest BCUT2D eigenvalue weighted by Gasteiger charge is -2.23. The third-order valence-electron chi connectivity index (χ3n) is 4.64. The van der Waals surface area contributed by atoms with Gasteiger partial charge in [-0.15, -0.1) is 0 Å². The van der Waals surface area contributed by atoms with Crippen LogP contribution in [0.15, 0.2) is 32.3 Å². The zero-order valence-electron chi connectivity index (χ0n) is 14.4. The Hall–Kier alpha value is -2.40. The van der Waals surface area contributed by atoms with Crippen LogP contribution in [0.3, 0.4) is 0 Å². The molecule has 0 aliphatic heterocycles. The second-order valence-electron chi connectivity index (χ2n) is 6.62. The predicted octanol–water partition coefficient (Wildman–Crippen LogP) is 2.81. The lowest BCUT2D eigenvalue weighted by atomic mass is 10.0. The van der Waals surface area contributed by atoms with Crippen molar-refractivity contribution in [3.8, 4) is 6.07 Å². The highest BCUT2D eigenvalue weighted by Crippen LogP contribution is 2.39. The minimum atomic E-state index is -0.649. The van der Waals surface area contributed by atoms with Gasteiger partial charge in [0.15, 0.2) is 5.56 Å². The number of hydrogen-bond acceptors (Lipinski definition) is 4. The van der Waals surface area contributed by atoms with Crippen LogP contribution >= 0.6 is 15.9 Å². The molecule has 8 heteroatoms. The largest absolute Gasteiger partial charge is 0.363 e. The quantitative estimate of drug-likeness (QED) is 0.806. The molecule has 1 aromatic heterocycles. The van der Waals surface area contributed by atoms with Crippen LogP contribution < -0.4 is 16.6 Å². The fourth-order valence-electron chi connectivity index (χ4n) is 3.02. The first kappa shape index (κ1) is 18.4. The number of anilines is 1. The van der Waals surface area contributed by atoms with Crippen LogP contribution in [0.2, 0.25) is 0 Å². The molecule has 0 amide bonds. The topological polar surface area (TPSA) is 79.8 Å². The van der Waals surface area contributed by atoms with Gasteiger partial charge in [-0.3, -0.25) is 13.9 Å². The fourth-order valence-corrected chi connectivity index (χ4v) is 3.50. The van der Waals surface area contributed by atoms with Crippen molar-refractivity contribution in [2.45, 2.75) is 25.3 Å². The summed E-state index contributed by atoms with van der Waals surface area (Å²) >= 11 is 3.30. The first-order chi connectivity index (χ1) is 12.3. The number of hydrogen-bond donors (Lipinski definition) is 1. The Labute approximate surface area is 158 Å². The molecule has 1 atom stereocenters. The van der Waals surface area contributed by atoms with Crippen LogP contribution in [-0.2, 0) is 14.1 Å². The summed E-state index contributed by atoms with van der Waals surface area (Å²) in [4.78, 5) is 24.5. The minimum absolute atomic E-state index is 0.133. The van der Waals surface area contributed by atoms with E-state index < -0.39 is 11.2 Å². The van der Waals surface area contributed by atoms with Crippen molar-refractivity contribution >= 4 is 21.7 Å². The molecule has 0 bridgehead atoms. The Morgan fingerprint density at radius 2 is 2.00 bits per heavy atom. The van der Waals surface area contributed by atoms with E-state index in [0.29, 0.717) is 16.0 Å². The molecule has 1 heterocycles. The second kappa shape index (κ2) is 7.08. The number of nitriles is 1. The SMILES string of the molecule is Cn1c(NC(CC2CC2)c2cc(F)cc(Br)c2)c(C#N)c(=O)n(C)c1=O. The first-order valence-electron chi connectivity index (χ1n) is 8.24. The zero-order chi connectivity index (χ0) is 19.0. The van der Waals surface area contributed by atoms with Crippen LogP contribution in [0, 0.1) is 23.1 Å². The summed E-state index contributed by atoms with van der Waals surface area (Å²) in [6.45, 7) is 0. The first-order valence-corrected chi connectivity index (χ1v) is 9.03. The van der Waals surface area contributed by atoms with E-state index in [1.165, 1.54) is 30.8 Å². The lowest BCUT2D eigenvalue weighted by Crippen LogP contribution is -2.40. The number of nitrogens with zero attached hydrogens (tertiary/aromatic N) is 3. The van der Waals surface area contributed by atoms with Gasteiger partial charge in [0.1, 0.15) is 17.7 Å². The van der Waals surface area contributed by atoms with E-state index in [2.05, 4.69) is 21.2 Å². The molecule has 136 valence electrons. The summed E-state index contributed by atoms with van der Waals surface area (Å²) in [6.07, 6.45) is 2.91. The molecule has 0 spiro atoms. The van der Waals surface area contributed by atoms with Crippen molar-refractivity contribution in [2.24, 2.45) is 20.0 Å². The molecule has 26 heavy (non-hydrogen) atoms. The van der Waals surface area contributed by atoms with Crippen molar-refractivity contribution in [3.05, 3.63) is 60.5 Å². The van der Waals surface area contributed by atoms with Gasteiger partial charge in [-0.05, 0) is 36.1 Å². The third-order valence-corrected chi connectivity index (χ3v) is 5.10. The molecule has 1 unspecified atom stereocenters. The molecule has 0 saturated heterocycles. The van der Waals surface area contributed by atoms with E-state index in [1.807, 2.05) is 6.07 Å². The maximum atomic E-state index is 13.9. The van der Waals surface area contributed by atoms with Crippen LogP contribution in [0.1, 0.15) is 36.4 Å². The maximum absolute atomic E-state index is 13.9. The number of halogens is 2. The van der Waals surface area contributed by atoms with Crippen molar-refractivity contribution < 1.29 is 4.39 Å². The van der Waals surface area contributed by atoms with Crippen LogP contribution in [0.4, 0.5) is 10.2 Å². The summed E-state index contributed by atoms with van der Waals surface area (Å²) in [7, 11) is 2.83. The van der Waals surface area contributed by atoms with Gasteiger partial charge in [-0.1, -0.05) is 28.8 Å². The number of rotatable bonds is 5. The van der Waals surface area contributed by atoms with Crippen LogP contribution in [-0.4, -0.2) is 9.13 Å². The smallest absolute Gasteiger partial charge is 0.332 e. The maximum Gasteiger partial charge on any atom is 0.332 e. The molecule has 1 aromatic carbocycles. The van der Waals surface area contributed by atoms with Crippen molar-refractivity contribution in [3.63, 3.8) is 0 Å². The zero-order valence-corrected chi connectivity index (χ0v) is 16.0. The Balaban J connectivity index is 2.09. The number of benzene rings is 1. The van der Waals surface area contributed by atoms with Crippen LogP contribution in [0.5, 0.6) is 0 Å². The molecular formula is C18H18BrFN4O2. The third kappa shape index (κ3) is 3.58. The number of aromatic nitrogens is 2. The van der Waals surface area contributed by atoms with E-state index in [-0.39, 0.29) is 23.2 Å². The highest BCUT2D eigenvalue weighted by molar-refractivity contribution is 9.10. The standard InChI is InChI=1S/C18H18BrFN4O2/c1-23-16(14(9-21)17(25)24(2)18(23)26)22-15(5-10-3-4-10)11-6-12(19)8-13(20)7-11/h6-8,10,15,22H,3-5H2,1-2H3.